The number of ketones is 1. The Labute approximate surface area is 133 Å². The van der Waals surface area contributed by atoms with E-state index in [1.165, 1.54) is 77.0 Å². The Morgan fingerprint density at radius 3 is 1.67 bits per heavy atom. The van der Waals surface area contributed by atoms with Crippen LogP contribution >= 0.6 is 0 Å². The van der Waals surface area contributed by atoms with E-state index < -0.39 is 0 Å². The number of hydrogen-bond acceptors (Lipinski definition) is 1. The highest BCUT2D eigenvalue weighted by Crippen LogP contribution is 2.10. The van der Waals surface area contributed by atoms with Crippen molar-refractivity contribution in [1.29, 1.82) is 0 Å². The van der Waals surface area contributed by atoms with Crippen LogP contribution in [0.15, 0.2) is 12.2 Å². The van der Waals surface area contributed by atoms with Gasteiger partial charge >= 0.3 is 0 Å². The molecule has 0 aliphatic rings. The van der Waals surface area contributed by atoms with Gasteiger partial charge in [0.05, 0.1) is 0 Å². The quantitative estimate of drug-likeness (QED) is 0.221. The Morgan fingerprint density at radius 1 is 0.667 bits per heavy atom. The summed E-state index contributed by atoms with van der Waals surface area (Å²) in [7, 11) is 0. The Morgan fingerprint density at radius 2 is 1.14 bits per heavy atom. The van der Waals surface area contributed by atoms with Gasteiger partial charge in [0.25, 0.3) is 0 Å². The predicted molar refractivity (Wildman–Crippen MR) is 94.8 cm³/mol. The molecule has 1 nitrogen and oxygen atoms in total. The summed E-state index contributed by atoms with van der Waals surface area (Å²) in [5, 5.41) is 0. The normalized spacial score (nSPS) is 11.3. The molecule has 0 aromatic heterocycles. The zero-order valence-electron chi connectivity index (χ0n) is 14.7. The van der Waals surface area contributed by atoms with Crippen molar-refractivity contribution >= 4 is 5.78 Å². The van der Waals surface area contributed by atoms with Gasteiger partial charge in [0.15, 0.2) is 0 Å². The molecule has 0 heterocycles. The fourth-order valence-electron chi connectivity index (χ4n) is 2.57. The van der Waals surface area contributed by atoms with Gasteiger partial charge in [-0.2, -0.15) is 0 Å². The van der Waals surface area contributed by atoms with Crippen molar-refractivity contribution in [3.63, 3.8) is 0 Å². The third kappa shape index (κ3) is 17.4. The van der Waals surface area contributed by atoms with E-state index in [9.17, 15) is 4.79 Å². The number of allylic oxidation sites excluding steroid dienone is 2. The van der Waals surface area contributed by atoms with Gasteiger partial charge in [-0.1, -0.05) is 77.4 Å². The van der Waals surface area contributed by atoms with Crippen molar-refractivity contribution in [2.45, 2.75) is 110 Å². The molecule has 0 aliphatic heterocycles. The van der Waals surface area contributed by atoms with Crippen molar-refractivity contribution in [3.8, 4) is 0 Å². The number of carbonyl (C=O) groups is 1. The van der Waals surface area contributed by atoms with Crippen LogP contribution in [-0.2, 0) is 4.79 Å². The van der Waals surface area contributed by atoms with Gasteiger partial charge in [-0.3, -0.25) is 4.79 Å². The van der Waals surface area contributed by atoms with Crippen molar-refractivity contribution in [1.82, 2.24) is 0 Å². The highest BCUT2D eigenvalue weighted by Gasteiger charge is 1.97. The van der Waals surface area contributed by atoms with E-state index in [0.717, 1.165) is 12.8 Å². The molecule has 0 unspecified atom stereocenters. The van der Waals surface area contributed by atoms with Gasteiger partial charge in [-0.15, -0.1) is 0 Å². The maximum absolute atomic E-state index is 11.1. The zero-order chi connectivity index (χ0) is 15.6. The molecule has 21 heavy (non-hydrogen) atoms. The summed E-state index contributed by atoms with van der Waals surface area (Å²) in [6.45, 7) is 4.23. The topological polar surface area (TPSA) is 17.1 Å². The van der Waals surface area contributed by atoms with E-state index in [1.54, 1.807) is 0 Å². The lowest BCUT2D eigenvalue weighted by molar-refractivity contribution is -0.118. The number of carbonyl (C=O) groups excluding carboxylic acids is 1. The Balaban J connectivity index is 3.10. The van der Waals surface area contributed by atoms with Gasteiger partial charge < -0.3 is 0 Å². The average molecular weight is 295 g/mol. The summed E-state index contributed by atoms with van der Waals surface area (Å²) in [6.07, 6.45) is 23.4. The Bertz CT molecular complexity index is 242. The van der Waals surface area contributed by atoms with Crippen molar-refractivity contribution < 1.29 is 4.79 Å². The fraction of sp³-hybridized carbons (Fsp3) is 0.850. The van der Waals surface area contributed by atoms with E-state index in [0.29, 0.717) is 12.2 Å². The molecule has 0 radical (unpaired) electrons. The predicted octanol–water partition coefficient (Wildman–Crippen LogP) is 7.00. The summed E-state index contributed by atoms with van der Waals surface area (Å²) in [4.78, 5) is 11.1. The molecule has 0 aliphatic carbocycles. The smallest absolute Gasteiger partial charge is 0.132 e. The molecular weight excluding hydrogens is 256 g/mol. The first-order valence-electron chi connectivity index (χ1n) is 9.48. The lowest BCUT2D eigenvalue weighted by Crippen LogP contribution is -1.93. The molecule has 0 aromatic carbocycles. The minimum absolute atomic E-state index is 0.424. The summed E-state index contributed by atoms with van der Waals surface area (Å²) in [5.41, 5.74) is 0. The van der Waals surface area contributed by atoms with Crippen LogP contribution in [0.3, 0.4) is 0 Å². The van der Waals surface area contributed by atoms with Gasteiger partial charge in [-0.25, -0.2) is 0 Å². The van der Waals surface area contributed by atoms with Gasteiger partial charge in [-0.05, 0) is 32.1 Å². The molecule has 0 bridgehead atoms. The number of unbranched alkanes of at least 4 members (excludes halogenated alkanes) is 11. The molecule has 0 rings (SSSR count). The third-order valence-corrected chi connectivity index (χ3v) is 4.11. The lowest BCUT2D eigenvalue weighted by atomic mass is 10.1. The molecule has 0 amide bonds. The second-order valence-corrected chi connectivity index (χ2v) is 6.23. The van der Waals surface area contributed by atoms with Crippen LogP contribution in [0.2, 0.25) is 0 Å². The SMILES string of the molecule is CCCCCCCC/C=C/CCCCCCCC(=O)CC. The van der Waals surface area contributed by atoms with Crippen LogP contribution in [0, 0.1) is 0 Å². The molecule has 0 spiro atoms. The molecule has 124 valence electrons. The Kier molecular flexibility index (Phi) is 17.0. The van der Waals surface area contributed by atoms with E-state index in [-0.39, 0.29) is 0 Å². The summed E-state index contributed by atoms with van der Waals surface area (Å²) < 4.78 is 0. The number of rotatable bonds is 16. The molecule has 0 N–H and O–H groups in total. The molecule has 0 atom stereocenters. The second-order valence-electron chi connectivity index (χ2n) is 6.23. The monoisotopic (exact) mass is 294 g/mol. The minimum atomic E-state index is 0.424. The number of hydrogen-bond donors (Lipinski definition) is 0. The molecular formula is C20H38O. The Hall–Kier alpha value is -0.590. The van der Waals surface area contributed by atoms with Crippen LogP contribution < -0.4 is 0 Å². The summed E-state index contributed by atoms with van der Waals surface area (Å²) in [6, 6.07) is 0. The summed E-state index contributed by atoms with van der Waals surface area (Å²) in [5.74, 6) is 0.424. The first-order chi connectivity index (χ1) is 10.3. The molecule has 1 heteroatoms. The fourth-order valence-corrected chi connectivity index (χ4v) is 2.57. The maximum atomic E-state index is 11.1. The van der Waals surface area contributed by atoms with Crippen LogP contribution in [-0.4, -0.2) is 5.78 Å². The average Bonchev–Trinajstić information content (AvgIpc) is 2.50. The van der Waals surface area contributed by atoms with Gasteiger partial charge in [0, 0.05) is 12.8 Å². The van der Waals surface area contributed by atoms with Crippen molar-refractivity contribution in [2.75, 3.05) is 0 Å². The molecule has 0 saturated carbocycles. The van der Waals surface area contributed by atoms with E-state index in [2.05, 4.69) is 19.1 Å². The summed E-state index contributed by atoms with van der Waals surface area (Å²) >= 11 is 0. The highest BCUT2D eigenvalue weighted by molar-refractivity contribution is 5.77. The maximum Gasteiger partial charge on any atom is 0.132 e. The zero-order valence-corrected chi connectivity index (χ0v) is 14.7. The molecule has 0 fully saturated rings. The third-order valence-electron chi connectivity index (χ3n) is 4.11. The van der Waals surface area contributed by atoms with E-state index in [1.807, 2.05) is 6.92 Å². The van der Waals surface area contributed by atoms with Crippen molar-refractivity contribution in [3.05, 3.63) is 12.2 Å². The van der Waals surface area contributed by atoms with Crippen LogP contribution in [0.25, 0.3) is 0 Å². The first kappa shape index (κ1) is 20.4. The first-order valence-corrected chi connectivity index (χ1v) is 9.48. The highest BCUT2D eigenvalue weighted by atomic mass is 16.1. The lowest BCUT2D eigenvalue weighted by Gasteiger charge is -2.00. The van der Waals surface area contributed by atoms with E-state index in [4.69, 9.17) is 0 Å². The standard InChI is InChI=1S/C20H38O/c1-3-5-6-7-8-9-10-11-12-13-14-15-16-17-18-19-20(21)4-2/h11-12H,3-10,13-19H2,1-2H3/b12-11+. The van der Waals surface area contributed by atoms with Gasteiger partial charge in [0.1, 0.15) is 5.78 Å². The molecule has 0 saturated heterocycles. The van der Waals surface area contributed by atoms with Crippen LogP contribution in [0.5, 0.6) is 0 Å². The van der Waals surface area contributed by atoms with Crippen LogP contribution in [0.1, 0.15) is 110 Å². The van der Waals surface area contributed by atoms with Gasteiger partial charge in [0.2, 0.25) is 0 Å². The molecule has 0 aromatic rings. The van der Waals surface area contributed by atoms with Crippen LogP contribution in [0.4, 0.5) is 0 Å². The largest absolute Gasteiger partial charge is 0.300 e. The second kappa shape index (κ2) is 17.5. The minimum Gasteiger partial charge on any atom is -0.300 e. The number of Topliss-reactive ketones (excluding diaryl/α,β-unsaturated/α-hetero) is 1. The van der Waals surface area contributed by atoms with Crippen molar-refractivity contribution in [2.24, 2.45) is 0 Å². The van der Waals surface area contributed by atoms with E-state index >= 15 is 0 Å².